The van der Waals surface area contributed by atoms with E-state index in [4.69, 9.17) is 5.73 Å². The molecule has 0 saturated heterocycles. The van der Waals surface area contributed by atoms with E-state index in [1.807, 2.05) is 13.8 Å². The maximum absolute atomic E-state index is 6.63. The lowest BCUT2D eigenvalue weighted by molar-refractivity contribution is 0.264. The van der Waals surface area contributed by atoms with Gasteiger partial charge >= 0.3 is 0 Å². The van der Waals surface area contributed by atoms with Crippen LogP contribution in [0.15, 0.2) is 24.3 Å². The van der Waals surface area contributed by atoms with Gasteiger partial charge in [0.05, 0.1) is 0 Å². The smallest absolute Gasteiger partial charge is 0.0435 e. The molecule has 2 atom stereocenters. The first-order valence-electron chi connectivity index (χ1n) is 10.2. The molecule has 0 bridgehead atoms. The third-order valence-electron chi connectivity index (χ3n) is 3.74. The van der Waals surface area contributed by atoms with Crippen molar-refractivity contribution in [2.75, 3.05) is 0 Å². The van der Waals surface area contributed by atoms with Crippen LogP contribution in [0.5, 0.6) is 0 Å². The fourth-order valence-corrected chi connectivity index (χ4v) is 2.32. The topological polar surface area (TPSA) is 26.0 Å². The molecule has 1 rings (SSSR count). The predicted octanol–water partition coefficient (Wildman–Crippen LogP) is 7.85. The van der Waals surface area contributed by atoms with Crippen LogP contribution in [-0.4, -0.2) is 0 Å². The van der Waals surface area contributed by atoms with E-state index in [-0.39, 0.29) is 5.54 Å². The quantitative estimate of drug-likeness (QED) is 0.581. The lowest BCUT2D eigenvalue weighted by Crippen LogP contribution is -2.42. The summed E-state index contributed by atoms with van der Waals surface area (Å²) in [6.07, 6.45) is 5.82. The van der Waals surface area contributed by atoms with Gasteiger partial charge in [-0.2, -0.15) is 0 Å². The highest BCUT2D eigenvalue weighted by Gasteiger charge is 2.31. The number of rotatable bonds is 5. The molecule has 144 valence electrons. The number of hydrogen-bond acceptors (Lipinski definition) is 1. The highest BCUT2D eigenvalue weighted by molar-refractivity contribution is 5.28. The lowest BCUT2D eigenvalue weighted by atomic mass is 9.75. The Hall–Kier alpha value is -0.820. The summed E-state index contributed by atoms with van der Waals surface area (Å²) in [5, 5.41) is 0. The largest absolute Gasteiger partial charge is 0.321 e. The van der Waals surface area contributed by atoms with Crippen molar-refractivity contribution in [3.63, 3.8) is 0 Å². The second kappa shape index (κ2) is 18.5. The van der Waals surface area contributed by atoms with Crippen molar-refractivity contribution in [1.29, 1.82) is 0 Å². The van der Waals surface area contributed by atoms with Gasteiger partial charge < -0.3 is 5.73 Å². The standard InChI is InChI=1S/C15H25N.2C3H8.C2H6/c1-5-11-15(16,13(4)6-2)14-9-7-12(3)8-10-14;2*1-3-2;1-2/h7-10,13H,5-6,11,16H2,1-4H3;2*3H2,1-2H3;1-2H3. The SMILES string of the molecule is CC.CCC.CCC.CCCC(N)(c1ccc(C)cc1)C(C)CC. The molecule has 2 unspecified atom stereocenters. The summed E-state index contributed by atoms with van der Waals surface area (Å²) in [5.41, 5.74) is 9.06. The average molecular weight is 338 g/mol. The van der Waals surface area contributed by atoms with Crippen LogP contribution < -0.4 is 5.73 Å². The highest BCUT2D eigenvalue weighted by Crippen LogP contribution is 2.33. The molecule has 1 nitrogen and oxygen atoms in total. The molecule has 1 aromatic carbocycles. The van der Waals surface area contributed by atoms with E-state index in [9.17, 15) is 0 Å². The molecule has 0 saturated carbocycles. The van der Waals surface area contributed by atoms with Gasteiger partial charge in [-0.05, 0) is 24.8 Å². The van der Waals surface area contributed by atoms with Crippen LogP contribution in [0.2, 0.25) is 0 Å². The van der Waals surface area contributed by atoms with Gasteiger partial charge in [-0.15, -0.1) is 0 Å². The molecule has 0 aliphatic heterocycles. The summed E-state index contributed by atoms with van der Waals surface area (Å²) in [4.78, 5) is 0. The van der Waals surface area contributed by atoms with Crippen molar-refractivity contribution in [2.45, 2.75) is 107 Å². The van der Waals surface area contributed by atoms with Crippen LogP contribution in [0.25, 0.3) is 0 Å². The van der Waals surface area contributed by atoms with Gasteiger partial charge in [0.2, 0.25) is 0 Å². The van der Waals surface area contributed by atoms with E-state index in [2.05, 4.69) is 79.7 Å². The molecular formula is C23H47N. The minimum atomic E-state index is -0.156. The first-order chi connectivity index (χ1) is 11.4. The zero-order valence-corrected chi connectivity index (χ0v) is 18.5. The van der Waals surface area contributed by atoms with Crippen LogP contribution in [0, 0.1) is 12.8 Å². The first kappa shape index (κ1) is 28.0. The monoisotopic (exact) mass is 337 g/mol. The predicted molar refractivity (Wildman–Crippen MR) is 115 cm³/mol. The maximum Gasteiger partial charge on any atom is 0.0435 e. The molecule has 0 radical (unpaired) electrons. The van der Waals surface area contributed by atoms with E-state index >= 15 is 0 Å². The summed E-state index contributed by atoms with van der Waals surface area (Å²) in [6.45, 7) is 21.3. The zero-order chi connectivity index (χ0) is 19.6. The van der Waals surface area contributed by atoms with Gasteiger partial charge in [-0.1, -0.05) is 118 Å². The molecule has 0 spiro atoms. The van der Waals surface area contributed by atoms with Crippen molar-refractivity contribution in [3.8, 4) is 0 Å². The third-order valence-corrected chi connectivity index (χ3v) is 3.74. The van der Waals surface area contributed by atoms with E-state index in [1.165, 1.54) is 24.0 Å². The number of hydrogen-bond donors (Lipinski definition) is 1. The van der Waals surface area contributed by atoms with Crippen molar-refractivity contribution in [2.24, 2.45) is 11.7 Å². The Bertz CT molecular complexity index is 340. The molecule has 0 aliphatic rings. The van der Waals surface area contributed by atoms with Gasteiger partial charge in [0.1, 0.15) is 0 Å². The van der Waals surface area contributed by atoms with Crippen LogP contribution in [0.3, 0.4) is 0 Å². The van der Waals surface area contributed by atoms with E-state index in [1.54, 1.807) is 0 Å². The highest BCUT2D eigenvalue weighted by atomic mass is 14.8. The Kier molecular flexibility index (Phi) is 21.6. The van der Waals surface area contributed by atoms with Crippen LogP contribution in [0.1, 0.15) is 106 Å². The normalized spacial score (nSPS) is 13.0. The number of aryl methyl sites for hydroxylation is 1. The summed E-state index contributed by atoms with van der Waals surface area (Å²) < 4.78 is 0. The molecule has 0 aromatic heterocycles. The van der Waals surface area contributed by atoms with Crippen LogP contribution in [-0.2, 0) is 5.54 Å². The molecular weight excluding hydrogens is 290 g/mol. The Balaban J connectivity index is -0.000000470. The summed E-state index contributed by atoms with van der Waals surface area (Å²) in [5.74, 6) is 0.523. The molecule has 1 heteroatoms. The molecule has 0 heterocycles. The second-order valence-electron chi connectivity index (χ2n) is 6.38. The first-order valence-corrected chi connectivity index (χ1v) is 10.2. The van der Waals surface area contributed by atoms with E-state index in [0.717, 1.165) is 19.3 Å². The van der Waals surface area contributed by atoms with Gasteiger partial charge in [0, 0.05) is 5.54 Å². The van der Waals surface area contributed by atoms with Gasteiger partial charge in [0.15, 0.2) is 0 Å². The lowest BCUT2D eigenvalue weighted by Gasteiger charge is -2.36. The van der Waals surface area contributed by atoms with Crippen molar-refractivity contribution in [1.82, 2.24) is 0 Å². The van der Waals surface area contributed by atoms with Gasteiger partial charge in [0.25, 0.3) is 0 Å². The second-order valence-corrected chi connectivity index (χ2v) is 6.38. The minimum Gasteiger partial charge on any atom is -0.321 e. The fraction of sp³-hybridized carbons (Fsp3) is 0.739. The summed E-state index contributed by atoms with van der Waals surface area (Å²) in [6, 6.07) is 8.71. The fourth-order valence-electron chi connectivity index (χ4n) is 2.32. The summed E-state index contributed by atoms with van der Waals surface area (Å²) >= 11 is 0. The average Bonchev–Trinajstić information content (AvgIpc) is 2.58. The summed E-state index contributed by atoms with van der Waals surface area (Å²) in [7, 11) is 0. The molecule has 24 heavy (non-hydrogen) atoms. The van der Waals surface area contributed by atoms with Crippen LogP contribution in [0.4, 0.5) is 0 Å². The Labute approximate surface area is 154 Å². The third kappa shape index (κ3) is 11.7. The Morgan fingerprint density at radius 1 is 0.875 bits per heavy atom. The molecule has 1 aromatic rings. The minimum absolute atomic E-state index is 0.156. The number of benzene rings is 1. The maximum atomic E-state index is 6.63. The Morgan fingerprint density at radius 2 is 1.25 bits per heavy atom. The van der Waals surface area contributed by atoms with E-state index in [0.29, 0.717) is 5.92 Å². The molecule has 0 aliphatic carbocycles. The van der Waals surface area contributed by atoms with Gasteiger partial charge in [-0.3, -0.25) is 0 Å². The van der Waals surface area contributed by atoms with Crippen LogP contribution >= 0.6 is 0 Å². The number of nitrogens with two attached hydrogens (primary N) is 1. The molecule has 0 amide bonds. The zero-order valence-electron chi connectivity index (χ0n) is 18.5. The van der Waals surface area contributed by atoms with E-state index < -0.39 is 0 Å². The molecule has 0 fully saturated rings. The van der Waals surface area contributed by atoms with Crippen molar-refractivity contribution >= 4 is 0 Å². The molecule has 2 N–H and O–H groups in total. The van der Waals surface area contributed by atoms with Gasteiger partial charge in [-0.25, -0.2) is 0 Å². The van der Waals surface area contributed by atoms with Crippen molar-refractivity contribution in [3.05, 3.63) is 35.4 Å². The van der Waals surface area contributed by atoms with Crippen molar-refractivity contribution < 1.29 is 0 Å². The Morgan fingerprint density at radius 3 is 1.54 bits per heavy atom.